The van der Waals surface area contributed by atoms with Crippen molar-refractivity contribution in [3.8, 4) is 0 Å². The first-order valence-corrected chi connectivity index (χ1v) is 6.54. The molecular formula is C14H24N3O+. The lowest BCUT2D eigenvalue weighted by atomic mass is 10.1. The van der Waals surface area contributed by atoms with Crippen LogP contribution in [0.5, 0.6) is 0 Å². The number of hydrogen-bond donors (Lipinski definition) is 3. The Morgan fingerprint density at radius 2 is 1.89 bits per heavy atom. The summed E-state index contributed by atoms with van der Waals surface area (Å²) in [5, 5.41) is 9.19. The normalized spacial score (nSPS) is 18.1. The van der Waals surface area contributed by atoms with E-state index in [-0.39, 0.29) is 0 Å². The molecule has 1 aliphatic rings. The van der Waals surface area contributed by atoms with Crippen LogP contribution in [0.25, 0.3) is 0 Å². The van der Waals surface area contributed by atoms with Crippen molar-refractivity contribution in [2.24, 2.45) is 16.6 Å². The fourth-order valence-corrected chi connectivity index (χ4v) is 2.29. The van der Waals surface area contributed by atoms with E-state index in [1.165, 1.54) is 11.1 Å². The van der Waals surface area contributed by atoms with Crippen LogP contribution >= 0.6 is 0 Å². The highest BCUT2D eigenvalue weighted by molar-refractivity contribution is 5.82. The second kappa shape index (κ2) is 6.52. The summed E-state index contributed by atoms with van der Waals surface area (Å²) in [6.45, 7) is 7.98. The van der Waals surface area contributed by atoms with E-state index in [0.717, 1.165) is 29.7 Å². The number of hydrogen-bond acceptors (Lipinski definition) is 2. The maximum atomic E-state index is 9.19. The van der Waals surface area contributed by atoms with Gasteiger partial charge in [-0.3, -0.25) is 0 Å². The Morgan fingerprint density at radius 3 is 2.39 bits per heavy atom. The zero-order chi connectivity index (χ0) is 13.7. The van der Waals surface area contributed by atoms with Gasteiger partial charge in [-0.05, 0) is 42.9 Å². The summed E-state index contributed by atoms with van der Waals surface area (Å²) < 4.78 is 0. The number of rotatable bonds is 2. The Hall–Kier alpha value is -1.39. The molecule has 0 radical (unpaired) electrons. The SMILES string of the molecule is CC.CC(N)=Nc1cc2c(cc1[NH2+]O)CC(C)C2. The maximum absolute atomic E-state index is 9.19. The third-order valence-electron chi connectivity index (χ3n) is 2.92. The van der Waals surface area contributed by atoms with E-state index in [1.54, 1.807) is 6.92 Å². The summed E-state index contributed by atoms with van der Waals surface area (Å²) >= 11 is 0. The van der Waals surface area contributed by atoms with Crippen LogP contribution in [0.2, 0.25) is 0 Å². The molecule has 1 aromatic carbocycles. The van der Waals surface area contributed by atoms with Gasteiger partial charge in [0.25, 0.3) is 0 Å². The topological polar surface area (TPSA) is 75.2 Å². The van der Waals surface area contributed by atoms with E-state index in [9.17, 15) is 5.21 Å². The number of benzene rings is 1. The van der Waals surface area contributed by atoms with Gasteiger partial charge in [-0.15, -0.1) is 0 Å². The van der Waals surface area contributed by atoms with Crippen LogP contribution in [-0.2, 0) is 12.8 Å². The average Bonchev–Trinajstić information content (AvgIpc) is 2.69. The molecule has 1 unspecified atom stereocenters. The van der Waals surface area contributed by atoms with Gasteiger partial charge in [0.1, 0.15) is 5.69 Å². The van der Waals surface area contributed by atoms with Crippen LogP contribution < -0.4 is 11.2 Å². The van der Waals surface area contributed by atoms with Gasteiger partial charge < -0.3 is 5.73 Å². The predicted octanol–water partition coefficient (Wildman–Crippen LogP) is 2.04. The third-order valence-corrected chi connectivity index (χ3v) is 2.92. The number of aliphatic imine (C=N–C) groups is 1. The number of amidine groups is 1. The van der Waals surface area contributed by atoms with Gasteiger partial charge in [0.05, 0.1) is 5.84 Å². The summed E-state index contributed by atoms with van der Waals surface area (Å²) in [5.74, 6) is 1.19. The van der Waals surface area contributed by atoms with Crippen LogP contribution in [0.4, 0.5) is 11.4 Å². The lowest BCUT2D eigenvalue weighted by Gasteiger charge is -2.04. The third kappa shape index (κ3) is 3.31. The molecule has 5 N–H and O–H groups in total. The molecule has 1 aliphatic carbocycles. The van der Waals surface area contributed by atoms with Gasteiger partial charge in [-0.25, -0.2) is 10.2 Å². The molecule has 4 heteroatoms. The fourth-order valence-electron chi connectivity index (χ4n) is 2.29. The van der Waals surface area contributed by atoms with Gasteiger partial charge in [0.15, 0.2) is 5.69 Å². The first-order chi connectivity index (χ1) is 8.60. The van der Waals surface area contributed by atoms with Gasteiger partial charge in [-0.2, -0.15) is 5.48 Å². The molecule has 0 saturated carbocycles. The second-order valence-electron chi connectivity index (χ2n) is 4.58. The molecule has 0 fully saturated rings. The highest BCUT2D eigenvalue weighted by atomic mass is 16.5. The molecule has 0 spiro atoms. The Morgan fingerprint density at radius 1 is 1.33 bits per heavy atom. The first kappa shape index (κ1) is 14.7. The van der Waals surface area contributed by atoms with Crippen LogP contribution in [0.3, 0.4) is 0 Å². The van der Waals surface area contributed by atoms with Crippen LogP contribution in [-0.4, -0.2) is 11.0 Å². The Bertz CT molecular complexity index is 437. The largest absolute Gasteiger partial charge is 0.387 e. The van der Waals surface area contributed by atoms with Gasteiger partial charge >= 0.3 is 0 Å². The highest BCUT2D eigenvalue weighted by Crippen LogP contribution is 2.33. The summed E-state index contributed by atoms with van der Waals surface area (Å²) in [6, 6.07) is 4.05. The van der Waals surface area contributed by atoms with Crippen molar-refractivity contribution >= 4 is 17.2 Å². The standard InChI is InChI=1S/C12H17N3O.C2H6/c1-7-3-9-5-11(14-8(2)13)12(15-16)6-10(9)4-7;1-2/h5-7,15-16H,3-4H2,1-2H3,(H2,13,14);1-2H3/p+1. The molecule has 0 aliphatic heterocycles. The first-order valence-electron chi connectivity index (χ1n) is 6.54. The van der Waals surface area contributed by atoms with E-state index in [1.807, 2.05) is 26.0 Å². The number of fused-ring (bicyclic) bond motifs is 1. The van der Waals surface area contributed by atoms with Gasteiger partial charge in [0, 0.05) is 6.07 Å². The minimum Gasteiger partial charge on any atom is -0.387 e. The molecule has 0 bridgehead atoms. The van der Waals surface area contributed by atoms with E-state index in [2.05, 4.69) is 11.9 Å². The van der Waals surface area contributed by atoms with E-state index >= 15 is 0 Å². The van der Waals surface area contributed by atoms with Crippen molar-refractivity contribution in [2.75, 3.05) is 0 Å². The summed E-state index contributed by atoms with van der Waals surface area (Å²) in [4.78, 5) is 4.24. The smallest absolute Gasteiger partial charge is 0.188 e. The number of quaternary nitrogens is 1. The second-order valence-corrected chi connectivity index (χ2v) is 4.58. The molecule has 2 rings (SSSR count). The van der Waals surface area contributed by atoms with Gasteiger partial charge in [-0.1, -0.05) is 20.8 Å². The van der Waals surface area contributed by atoms with Crippen LogP contribution in [0.1, 0.15) is 38.8 Å². The van der Waals surface area contributed by atoms with Crippen LogP contribution in [0, 0.1) is 5.92 Å². The van der Waals surface area contributed by atoms with Crippen molar-refractivity contribution in [3.63, 3.8) is 0 Å². The molecule has 18 heavy (non-hydrogen) atoms. The van der Waals surface area contributed by atoms with Crippen LogP contribution in [0.15, 0.2) is 17.1 Å². The zero-order valence-corrected chi connectivity index (χ0v) is 11.7. The molecule has 0 amide bonds. The molecule has 0 heterocycles. The summed E-state index contributed by atoms with van der Waals surface area (Å²) in [6.07, 6.45) is 2.18. The molecular weight excluding hydrogens is 226 g/mol. The maximum Gasteiger partial charge on any atom is 0.188 e. The minimum atomic E-state index is 0.508. The summed E-state index contributed by atoms with van der Waals surface area (Å²) in [7, 11) is 0. The Kier molecular flexibility index (Phi) is 5.31. The average molecular weight is 250 g/mol. The molecule has 0 saturated heterocycles. The molecule has 1 atom stereocenters. The number of nitrogens with two attached hydrogens (primary N) is 2. The predicted molar refractivity (Wildman–Crippen MR) is 74.7 cm³/mol. The lowest BCUT2D eigenvalue weighted by Crippen LogP contribution is -2.73. The summed E-state index contributed by atoms with van der Waals surface area (Å²) in [5.41, 5.74) is 10.8. The minimum absolute atomic E-state index is 0.508. The van der Waals surface area contributed by atoms with Crippen molar-refractivity contribution in [2.45, 2.75) is 40.5 Å². The fraction of sp³-hybridized carbons (Fsp3) is 0.500. The van der Waals surface area contributed by atoms with Crippen molar-refractivity contribution in [3.05, 3.63) is 23.3 Å². The van der Waals surface area contributed by atoms with E-state index in [0.29, 0.717) is 11.8 Å². The molecule has 0 aromatic heterocycles. The number of nitrogens with zero attached hydrogens (tertiary/aromatic N) is 1. The Balaban J connectivity index is 0.000000771. The molecule has 1 aromatic rings. The van der Waals surface area contributed by atoms with Crippen molar-refractivity contribution in [1.29, 1.82) is 0 Å². The van der Waals surface area contributed by atoms with Crippen molar-refractivity contribution in [1.82, 2.24) is 0 Å². The molecule has 100 valence electrons. The highest BCUT2D eigenvalue weighted by Gasteiger charge is 2.21. The van der Waals surface area contributed by atoms with E-state index < -0.39 is 0 Å². The quantitative estimate of drug-likeness (QED) is 0.325. The zero-order valence-electron chi connectivity index (χ0n) is 11.7. The monoisotopic (exact) mass is 250 g/mol. The van der Waals surface area contributed by atoms with E-state index in [4.69, 9.17) is 5.73 Å². The Labute approximate surface area is 109 Å². The van der Waals surface area contributed by atoms with Crippen molar-refractivity contribution < 1.29 is 10.7 Å². The molecule has 4 nitrogen and oxygen atoms in total. The van der Waals surface area contributed by atoms with Gasteiger partial charge in [0.2, 0.25) is 0 Å². The lowest BCUT2D eigenvalue weighted by molar-refractivity contribution is -0.825.